The van der Waals surface area contributed by atoms with Gasteiger partial charge in [0.2, 0.25) is 5.91 Å². The minimum atomic E-state index is -0.530. The van der Waals surface area contributed by atoms with Gasteiger partial charge in [-0.2, -0.15) is 0 Å². The molecule has 1 N–H and O–H groups in total. The van der Waals surface area contributed by atoms with Crippen LogP contribution in [0.4, 0.5) is 11.4 Å². The number of nitrogens with zero attached hydrogens (tertiary/aromatic N) is 4. The van der Waals surface area contributed by atoms with Gasteiger partial charge in [0.1, 0.15) is 0 Å². The van der Waals surface area contributed by atoms with Gasteiger partial charge in [-0.05, 0) is 24.6 Å². The number of carbonyl (C=O) groups is 2. The molecular weight excluding hydrogens is 358 g/mol. The Morgan fingerprint density at radius 2 is 2.23 bits per heavy atom. The van der Waals surface area contributed by atoms with Gasteiger partial charge in [0, 0.05) is 24.5 Å². The Bertz CT molecular complexity index is 916. The highest BCUT2D eigenvalue weighted by Gasteiger charge is 2.32. The second-order valence-corrected chi connectivity index (χ2v) is 6.27. The third kappa shape index (κ3) is 3.54. The first-order valence-electron chi connectivity index (χ1n) is 7.46. The zero-order valence-corrected chi connectivity index (χ0v) is 14.4. The van der Waals surface area contributed by atoms with Crippen molar-refractivity contribution < 1.29 is 14.5 Å². The van der Waals surface area contributed by atoms with Crippen LogP contribution in [-0.2, 0) is 4.79 Å². The van der Waals surface area contributed by atoms with Crippen LogP contribution in [0.3, 0.4) is 0 Å². The van der Waals surface area contributed by atoms with E-state index in [-0.39, 0.29) is 22.5 Å². The fourth-order valence-corrected chi connectivity index (χ4v) is 3.12. The van der Waals surface area contributed by atoms with E-state index in [1.165, 1.54) is 23.2 Å². The summed E-state index contributed by atoms with van der Waals surface area (Å²) in [6.07, 6.45) is 2.94. The Balaban J connectivity index is 1.89. The van der Waals surface area contributed by atoms with Crippen molar-refractivity contribution in [2.45, 2.75) is 6.92 Å². The van der Waals surface area contributed by atoms with Gasteiger partial charge in [0.25, 0.3) is 11.6 Å². The number of non-ortho nitro benzene ring substituents is 1. The van der Waals surface area contributed by atoms with Crippen LogP contribution in [0.1, 0.15) is 15.9 Å². The van der Waals surface area contributed by atoms with E-state index in [1.807, 2.05) is 0 Å². The number of anilines is 1. The molecule has 9 nitrogen and oxygen atoms in total. The van der Waals surface area contributed by atoms with Crippen molar-refractivity contribution in [1.82, 2.24) is 10.4 Å². The molecular formula is C16H13N5O4S. The Labute approximate surface area is 152 Å². The smallest absolute Gasteiger partial charge is 0.273 e. The number of rotatable bonds is 4. The number of nitro groups is 1. The summed E-state index contributed by atoms with van der Waals surface area (Å²) in [5, 5.41) is 15.3. The fourth-order valence-electron chi connectivity index (χ4n) is 2.29. The van der Waals surface area contributed by atoms with Crippen molar-refractivity contribution in [3.05, 3.63) is 64.0 Å². The number of hydrazone groups is 1. The van der Waals surface area contributed by atoms with Gasteiger partial charge in [-0.1, -0.05) is 17.8 Å². The number of hydrogen-bond donors (Lipinski definition) is 1. The molecule has 2 heterocycles. The van der Waals surface area contributed by atoms with Crippen LogP contribution < -0.4 is 10.3 Å². The van der Waals surface area contributed by atoms with Crippen LogP contribution in [0.2, 0.25) is 0 Å². The summed E-state index contributed by atoms with van der Waals surface area (Å²) in [6, 6.07) is 7.45. The van der Waals surface area contributed by atoms with Crippen molar-refractivity contribution in [1.29, 1.82) is 0 Å². The number of aromatic nitrogens is 1. The maximum absolute atomic E-state index is 12.3. The van der Waals surface area contributed by atoms with E-state index < -0.39 is 10.8 Å². The molecule has 1 aromatic heterocycles. The van der Waals surface area contributed by atoms with Crippen molar-refractivity contribution in [3.63, 3.8) is 0 Å². The Morgan fingerprint density at radius 3 is 2.92 bits per heavy atom. The Hall–Kier alpha value is -3.27. The monoisotopic (exact) mass is 371 g/mol. The summed E-state index contributed by atoms with van der Waals surface area (Å²) in [4.78, 5) is 40.0. The van der Waals surface area contributed by atoms with Crippen LogP contribution in [0.25, 0.3) is 0 Å². The van der Waals surface area contributed by atoms with E-state index in [4.69, 9.17) is 0 Å². The van der Waals surface area contributed by atoms with Crippen molar-refractivity contribution in [2.75, 3.05) is 10.7 Å². The van der Waals surface area contributed by atoms with Gasteiger partial charge in [0.15, 0.2) is 5.17 Å². The summed E-state index contributed by atoms with van der Waals surface area (Å²) in [5.74, 6) is -0.613. The van der Waals surface area contributed by atoms with Crippen molar-refractivity contribution in [2.24, 2.45) is 5.10 Å². The molecule has 132 valence electrons. The third-order valence-corrected chi connectivity index (χ3v) is 4.51. The molecule has 0 atom stereocenters. The second kappa shape index (κ2) is 7.31. The maximum atomic E-state index is 12.3. The van der Waals surface area contributed by atoms with Crippen molar-refractivity contribution >= 4 is 40.1 Å². The highest BCUT2D eigenvalue weighted by Crippen LogP contribution is 2.31. The molecule has 0 radical (unpaired) electrons. The van der Waals surface area contributed by atoms with E-state index in [0.717, 1.165) is 11.8 Å². The number of thioether (sulfide) groups is 1. The molecule has 26 heavy (non-hydrogen) atoms. The lowest BCUT2D eigenvalue weighted by molar-refractivity contribution is -0.384. The number of pyridine rings is 1. The minimum Gasteiger partial charge on any atom is -0.273 e. The summed E-state index contributed by atoms with van der Waals surface area (Å²) < 4.78 is 0. The molecule has 1 fully saturated rings. The average Bonchev–Trinajstić information content (AvgIpc) is 3.01. The normalized spacial score (nSPS) is 15.3. The molecule has 0 unspecified atom stereocenters. The number of aryl methyl sites for hydroxylation is 1. The number of hydrogen-bond acceptors (Lipinski definition) is 7. The van der Waals surface area contributed by atoms with E-state index in [0.29, 0.717) is 16.8 Å². The summed E-state index contributed by atoms with van der Waals surface area (Å²) in [7, 11) is 0. The van der Waals surface area contributed by atoms with E-state index >= 15 is 0 Å². The van der Waals surface area contributed by atoms with Gasteiger partial charge >= 0.3 is 0 Å². The number of nitro benzene ring substituents is 1. The number of benzene rings is 1. The second-order valence-electron chi connectivity index (χ2n) is 5.32. The van der Waals surface area contributed by atoms with Gasteiger partial charge in [-0.25, -0.2) is 5.43 Å². The first-order valence-corrected chi connectivity index (χ1v) is 8.45. The predicted molar refractivity (Wildman–Crippen MR) is 96.9 cm³/mol. The van der Waals surface area contributed by atoms with Crippen LogP contribution in [0.5, 0.6) is 0 Å². The van der Waals surface area contributed by atoms with Gasteiger partial charge < -0.3 is 0 Å². The van der Waals surface area contributed by atoms with Crippen LogP contribution in [0.15, 0.2) is 47.8 Å². The van der Waals surface area contributed by atoms with Crippen molar-refractivity contribution in [3.8, 4) is 0 Å². The fraction of sp³-hybridized carbons (Fsp3) is 0.125. The minimum absolute atomic E-state index is 0.129. The van der Waals surface area contributed by atoms with Gasteiger partial charge in [-0.3, -0.25) is 29.6 Å². The molecule has 0 bridgehead atoms. The van der Waals surface area contributed by atoms with Crippen LogP contribution in [0, 0.1) is 17.0 Å². The lowest BCUT2D eigenvalue weighted by Gasteiger charge is -2.18. The van der Waals surface area contributed by atoms with E-state index in [1.54, 1.807) is 31.3 Å². The predicted octanol–water partition coefficient (Wildman–Crippen LogP) is 2.08. The molecule has 1 aliphatic rings. The third-order valence-electron chi connectivity index (χ3n) is 3.59. The molecule has 0 aliphatic carbocycles. The maximum Gasteiger partial charge on any atom is 0.273 e. The summed E-state index contributed by atoms with van der Waals surface area (Å²) in [5.41, 5.74) is 3.61. The number of nitrogens with one attached hydrogen (secondary N) is 1. The first-order chi connectivity index (χ1) is 12.5. The zero-order valence-electron chi connectivity index (χ0n) is 13.6. The number of amidine groups is 1. The molecule has 1 aromatic carbocycles. The van der Waals surface area contributed by atoms with Crippen LogP contribution in [-0.4, -0.2) is 32.6 Å². The number of amides is 2. The molecule has 2 aromatic rings. The number of carbonyl (C=O) groups excluding carboxylic acids is 2. The topological polar surface area (TPSA) is 118 Å². The lowest BCUT2D eigenvalue weighted by Crippen LogP contribution is -2.32. The van der Waals surface area contributed by atoms with Gasteiger partial charge in [0.05, 0.1) is 21.9 Å². The average molecular weight is 371 g/mol. The zero-order chi connectivity index (χ0) is 18.7. The van der Waals surface area contributed by atoms with Crippen LogP contribution >= 0.6 is 11.8 Å². The Kier molecular flexibility index (Phi) is 4.94. The Morgan fingerprint density at radius 1 is 1.42 bits per heavy atom. The highest BCUT2D eigenvalue weighted by atomic mass is 32.2. The van der Waals surface area contributed by atoms with Gasteiger partial charge in [-0.15, -0.1) is 5.10 Å². The first kappa shape index (κ1) is 17.5. The quantitative estimate of drug-likeness (QED) is 0.649. The largest absolute Gasteiger partial charge is 0.273 e. The lowest BCUT2D eigenvalue weighted by atomic mass is 10.1. The van der Waals surface area contributed by atoms with E-state index in [2.05, 4.69) is 15.5 Å². The molecule has 2 amide bonds. The highest BCUT2D eigenvalue weighted by molar-refractivity contribution is 8.15. The molecule has 1 aliphatic heterocycles. The molecule has 3 rings (SSSR count). The SMILES string of the molecule is Cc1ccc([N+](=O)[O-])cc1N1C(=O)CS/C1=N/NC(=O)c1cccnc1. The molecule has 1 saturated heterocycles. The summed E-state index contributed by atoms with van der Waals surface area (Å²) in [6.45, 7) is 1.74. The summed E-state index contributed by atoms with van der Waals surface area (Å²) >= 11 is 1.14. The molecule has 10 heteroatoms. The standard InChI is InChI=1S/C16H13N5O4S/c1-10-4-5-12(21(24)25)7-13(10)20-14(22)9-26-16(20)19-18-15(23)11-3-2-6-17-8-11/h2-8H,9H2,1H3,(H,18,23)/b19-16+. The molecule has 0 saturated carbocycles. The molecule has 0 spiro atoms. The van der Waals surface area contributed by atoms with E-state index in [9.17, 15) is 19.7 Å².